The minimum Gasteiger partial charge on any atom is -0.352 e. The number of nitrogens with zero attached hydrogens (tertiary/aromatic N) is 2. The van der Waals surface area contributed by atoms with Crippen LogP contribution in [0, 0.1) is 5.92 Å². The van der Waals surface area contributed by atoms with Gasteiger partial charge in [-0.05, 0) is 54.7 Å². The molecular weight excluding hydrogens is 404 g/mol. The molecule has 32 heavy (non-hydrogen) atoms. The van der Waals surface area contributed by atoms with Crippen molar-refractivity contribution in [1.29, 1.82) is 0 Å². The van der Waals surface area contributed by atoms with Crippen LogP contribution >= 0.6 is 0 Å². The number of nitrogens with one attached hydrogen (secondary N) is 2. The van der Waals surface area contributed by atoms with E-state index in [4.69, 9.17) is 0 Å². The van der Waals surface area contributed by atoms with Gasteiger partial charge in [0.1, 0.15) is 0 Å². The Balaban J connectivity index is 1.30. The molecule has 0 saturated carbocycles. The molecule has 7 nitrogen and oxygen atoms in total. The van der Waals surface area contributed by atoms with Gasteiger partial charge in [-0.25, -0.2) is 4.79 Å². The van der Waals surface area contributed by atoms with E-state index in [0.29, 0.717) is 18.8 Å². The van der Waals surface area contributed by atoms with Crippen molar-refractivity contribution in [3.05, 3.63) is 59.7 Å². The molecule has 7 heteroatoms. The summed E-state index contributed by atoms with van der Waals surface area (Å²) < 4.78 is 0. The summed E-state index contributed by atoms with van der Waals surface area (Å²) in [5, 5.41) is 5.87. The van der Waals surface area contributed by atoms with Crippen LogP contribution in [-0.2, 0) is 22.6 Å². The van der Waals surface area contributed by atoms with E-state index in [1.165, 1.54) is 5.56 Å². The number of anilines is 2. The normalized spacial score (nSPS) is 18.2. The van der Waals surface area contributed by atoms with Gasteiger partial charge in [0.15, 0.2) is 0 Å². The maximum absolute atomic E-state index is 12.7. The molecule has 2 fully saturated rings. The zero-order valence-electron chi connectivity index (χ0n) is 18.5. The molecule has 2 aromatic carbocycles. The summed E-state index contributed by atoms with van der Waals surface area (Å²) >= 11 is 0. The molecule has 1 unspecified atom stereocenters. The van der Waals surface area contributed by atoms with E-state index in [2.05, 4.69) is 17.6 Å². The number of hydrogen-bond donors (Lipinski definition) is 2. The van der Waals surface area contributed by atoms with Gasteiger partial charge in [-0.3, -0.25) is 9.59 Å². The Morgan fingerprint density at radius 1 is 1.03 bits per heavy atom. The lowest BCUT2D eigenvalue weighted by Gasteiger charge is -2.17. The first-order chi connectivity index (χ1) is 15.5. The van der Waals surface area contributed by atoms with Crippen LogP contribution in [0.15, 0.2) is 48.5 Å². The quantitative estimate of drug-likeness (QED) is 0.730. The Kier molecular flexibility index (Phi) is 6.73. The fraction of sp³-hybridized carbons (Fsp3) is 0.400. The van der Waals surface area contributed by atoms with Gasteiger partial charge in [0.25, 0.3) is 0 Å². The highest BCUT2D eigenvalue weighted by atomic mass is 16.2. The minimum absolute atomic E-state index is 0.0268. The van der Waals surface area contributed by atoms with E-state index in [9.17, 15) is 14.4 Å². The zero-order chi connectivity index (χ0) is 22.5. The molecule has 0 radical (unpaired) electrons. The number of benzene rings is 2. The summed E-state index contributed by atoms with van der Waals surface area (Å²) in [4.78, 5) is 41.0. The summed E-state index contributed by atoms with van der Waals surface area (Å²) in [5.41, 5.74) is 3.66. The zero-order valence-corrected chi connectivity index (χ0v) is 18.5. The molecule has 1 atom stereocenters. The molecule has 0 spiro atoms. The highest BCUT2D eigenvalue weighted by molar-refractivity contribution is 6.00. The highest BCUT2D eigenvalue weighted by Gasteiger charge is 2.35. The Bertz CT molecular complexity index is 983. The van der Waals surface area contributed by atoms with Crippen molar-refractivity contribution in [3.8, 4) is 0 Å². The molecule has 2 aromatic rings. The lowest BCUT2D eigenvalue weighted by Crippen LogP contribution is -2.33. The Morgan fingerprint density at radius 2 is 1.78 bits per heavy atom. The summed E-state index contributed by atoms with van der Waals surface area (Å²) in [6, 6.07) is 15.3. The molecule has 0 aromatic heterocycles. The number of carbonyl (C=O) groups excluding carboxylic acids is 3. The topological polar surface area (TPSA) is 81.8 Å². The standard InChI is InChI=1S/C25H30N4O3/c1-2-18-8-10-22(11-9-18)29-17-20(15-23(29)30)24(31)26-16-19-6-5-7-21(14-19)27-25(32)28-12-3-4-13-28/h5-11,14,20H,2-4,12-13,15-17H2,1H3,(H,26,31)(H,27,32). The molecule has 2 aliphatic heterocycles. The molecule has 168 valence electrons. The lowest BCUT2D eigenvalue weighted by atomic mass is 10.1. The van der Waals surface area contributed by atoms with Crippen molar-refractivity contribution in [2.24, 2.45) is 5.92 Å². The summed E-state index contributed by atoms with van der Waals surface area (Å²) in [7, 11) is 0. The van der Waals surface area contributed by atoms with E-state index in [1.807, 2.05) is 53.4 Å². The second-order valence-corrected chi connectivity index (χ2v) is 8.47. The van der Waals surface area contributed by atoms with Gasteiger partial charge >= 0.3 is 6.03 Å². The maximum atomic E-state index is 12.7. The second-order valence-electron chi connectivity index (χ2n) is 8.47. The summed E-state index contributed by atoms with van der Waals surface area (Å²) in [6.45, 7) is 4.42. The third kappa shape index (κ3) is 5.10. The van der Waals surface area contributed by atoms with Crippen LogP contribution in [0.4, 0.5) is 16.2 Å². The largest absolute Gasteiger partial charge is 0.352 e. The van der Waals surface area contributed by atoms with Crippen LogP contribution in [0.3, 0.4) is 0 Å². The smallest absolute Gasteiger partial charge is 0.321 e. The van der Waals surface area contributed by atoms with E-state index < -0.39 is 0 Å². The average molecular weight is 435 g/mol. The van der Waals surface area contributed by atoms with Gasteiger partial charge in [0.05, 0.1) is 5.92 Å². The molecule has 4 rings (SSSR count). The predicted molar refractivity (Wildman–Crippen MR) is 124 cm³/mol. The molecule has 0 aliphatic carbocycles. The molecule has 0 bridgehead atoms. The van der Waals surface area contributed by atoms with Crippen molar-refractivity contribution in [3.63, 3.8) is 0 Å². The van der Waals surface area contributed by atoms with Gasteiger partial charge in [-0.2, -0.15) is 0 Å². The van der Waals surface area contributed by atoms with Crippen LogP contribution in [-0.4, -0.2) is 42.4 Å². The molecular formula is C25H30N4O3. The molecule has 2 heterocycles. The van der Waals surface area contributed by atoms with Crippen LogP contribution < -0.4 is 15.5 Å². The third-order valence-electron chi connectivity index (χ3n) is 6.19. The molecule has 2 N–H and O–H groups in total. The Hall–Kier alpha value is -3.35. The number of aryl methyl sites for hydroxylation is 1. The molecule has 2 saturated heterocycles. The van der Waals surface area contributed by atoms with Crippen molar-refractivity contribution < 1.29 is 14.4 Å². The van der Waals surface area contributed by atoms with Gasteiger partial charge in [-0.1, -0.05) is 31.2 Å². The summed E-state index contributed by atoms with van der Waals surface area (Å²) in [5.74, 6) is -0.523. The van der Waals surface area contributed by atoms with Crippen molar-refractivity contribution >= 4 is 29.2 Å². The van der Waals surface area contributed by atoms with Crippen molar-refractivity contribution in [2.75, 3.05) is 29.9 Å². The number of amides is 4. The first-order valence-electron chi connectivity index (χ1n) is 11.4. The fourth-order valence-electron chi connectivity index (χ4n) is 4.26. The van der Waals surface area contributed by atoms with Crippen LogP contribution in [0.1, 0.15) is 37.3 Å². The predicted octanol–water partition coefficient (Wildman–Crippen LogP) is 3.55. The van der Waals surface area contributed by atoms with Crippen molar-refractivity contribution in [2.45, 2.75) is 39.2 Å². The van der Waals surface area contributed by atoms with Crippen LogP contribution in [0.2, 0.25) is 0 Å². The van der Waals surface area contributed by atoms with E-state index in [1.54, 1.807) is 4.90 Å². The van der Waals surface area contributed by atoms with Crippen LogP contribution in [0.25, 0.3) is 0 Å². The van der Waals surface area contributed by atoms with Gasteiger partial charge in [0, 0.05) is 44.0 Å². The van der Waals surface area contributed by atoms with Gasteiger partial charge in [0.2, 0.25) is 11.8 Å². The third-order valence-corrected chi connectivity index (χ3v) is 6.19. The Labute approximate surface area is 188 Å². The van der Waals surface area contributed by atoms with E-state index in [0.717, 1.165) is 43.6 Å². The number of carbonyl (C=O) groups is 3. The monoisotopic (exact) mass is 434 g/mol. The van der Waals surface area contributed by atoms with Gasteiger partial charge < -0.3 is 20.4 Å². The van der Waals surface area contributed by atoms with Crippen molar-refractivity contribution in [1.82, 2.24) is 10.2 Å². The van der Waals surface area contributed by atoms with Gasteiger partial charge in [-0.15, -0.1) is 0 Å². The lowest BCUT2D eigenvalue weighted by molar-refractivity contribution is -0.126. The van der Waals surface area contributed by atoms with Crippen LogP contribution in [0.5, 0.6) is 0 Å². The van der Waals surface area contributed by atoms with E-state index >= 15 is 0 Å². The second kappa shape index (κ2) is 9.85. The fourth-order valence-corrected chi connectivity index (χ4v) is 4.26. The molecule has 4 amide bonds. The number of hydrogen-bond acceptors (Lipinski definition) is 3. The minimum atomic E-state index is -0.369. The maximum Gasteiger partial charge on any atom is 0.321 e. The first kappa shape index (κ1) is 21.9. The highest BCUT2D eigenvalue weighted by Crippen LogP contribution is 2.26. The van der Waals surface area contributed by atoms with E-state index in [-0.39, 0.29) is 30.2 Å². The molecule has 2 aliphatic rings. The number of urea groups is 1. The average Bonchev–Trinajstić information content (AvgIpc) is 3.48. The Morgan fingerprint density at radius 3 is 2.50 bits per heavy atom. The number of rotatable bonds is 6. The summed E-state index contributed by atoms with van der Waals surface area (Å²) in [6.07, 6.45) is 3.25. The first-order valence-corrected chi connectivity index (χ1v) is 11.4. The SMILES string of the molecule is CCc1ccc(N2CC(C(=O)NCc3cccc(NC(=O)N4CCCC4)c3)CC2=O)cc1. The number of likely N-dealkylation sites (tertiary alicyclic amines) is 1.